The van der Waals surface area contributed by atoms with Crippen molar-refractivity contribution < 1.29 is 4.79 Å². The van der Waals surface area contributed by atoms with E-state index in [1.807, 2.05) is 23.1 Å². The summed E-state index contributed by atoms with van der Waals surface area (Å²) in [5.41, 5.74) is 0.928. The number of hydrogen-bond acceptors (Lipinski definition) is 5. The van der Waals surface area contributed by atoms with Crippen molar-refractivity contribution in [2.24, 2.45) is 0 Å². The lowest BCUT2D eigenvalue weighted by molar-refractivity contribution is -0.124. The molecule has 1 aliphatic heterocycles. The molecule has 2 aromatic rings. The zero-order chi connectivity index (χ0) is 17.1. The zero-order valence-corrected chi connectivity index (χ0v) is 15.3. The lowest BCUT2D eigenvalue weighted by Gasteiger charge is -2.17. The number of amides is 1. The molecule has 0 unspecified atom stereocenters. The Morgan fingerprint density at radius 3 is 2.79 bits per heavy atom. The van der Waals surface area contributed by atoms with Gasteiger partial charge < -0.3 is 14.8 Å². The SMILES string of the molecule is CC(C)c1nccn1[C@H](C)C(=O)NCc1csc(N2CCCC2)n1. The molecular formula is C17H25N5OS. The van der Waals surface area contributed by atoms with E-state index in [1.165, 1.54) is 12.8 Å². The highest BCUT2D eigenvalue weighted by Crippen LogP contribution is 2.24. The van der Waals surface area contributed by atoms with Crippen LogP contribution in [0.3, 0.4) is 0 Å². The van der Waals surface area contributed by atoms with Gasteiger partial charge >= 0.3 is 0 Å². The Hall–Kier alpha value is -1.89. The topological polar surface area (TPSA) is 63.1 Å². The van der Waals surface area contributed by atoms with Crippen molar-refractivity contribution in [3.05, 3.63) is 29.3 Å². The van der Waals surface area contributed by atoms with Crippen molar-refractivity contribution in [2.75, 3.05) is 18.0 Å². The van der Waals surface area contributed by atoms with E-state index in [0.717, 1.165) is 29.7 Å². The molecule has 0 radical (unpaired) electrons. The normalized spacial score (nSPS) is 15.9. The third kappa shape index (κ3) is 3.61. The molecule has 2 aromatic heterocycles. The average molecular weight is 347 g/mol. The Morgan fingerprint density at radius 2 is 2.08 bits per heavy atom. The smallest absolute Gasteiger partial charge is 0.243 e. The van der Waals surface area contributed by atoms with Gasteiger partial charge in [-0.25, -0.2) is 9.97 Å². The molecule has 0 saturated carbocycles. The molecule has 0 aliphatic carbocycles. The number of anilines is 1. The van der Waals surface area contributed by atoms with Gasteiger partial charge in [-0.1, -0.05) is 13.8 Å². The lowest BCUT2D eigenvalue weighted by atomic mass is 10.2. The van der Waals surface area contributed by atoms with Crippen LogP contribution in [-0.4, -0.2) is 33.5 Å². The van der Waals surface area contributed by atoms with Crippen LogP contribution in [0.25, 0.3) is 0 Å². The first-order chi connectivity index (χ1) is 11.6. The summed E-state index contributed by atoms with van der Waals surface area (Å²) in [6, 6.07) is -0.276. The number of hydrogen-bond donors (Lipinski definition) is 1. The van der Waals surface area contributed by atoms with Crippen LogP contribution in [0.1, 0.15) is 57.1 Å². The molecular weight excluding hydrogens is 322 g/mol. The van der Waals surface area contributed by atoms with Gasteiger partial charge in [0.05, 0.1) is 12.2 Å². The highest BCUT2D eigenvalue weighted by atomic mass is 32.1. The maximum Gasteiger partial charge on any atom is 0.243 e. The molecule has 24 heavy (non-hydrogen) atoms. The predicted molar refractivity (Wildman–Crippen MR) is 96.4 cm³/mol. The summed E-state index contributed by atoms with van der Waals surface area (Å²) in [5, 5.41) is 6.10. The van der Waals surface area contributed by atoms with Gasteiger partial charge in [0.1, 0.15) is 11.9 Å². The molecule has 0 aromatic carbocycles. The number of carbonyl (C=O) groups is 1. The van der Waals surface area contributed by atoms with Gasteiger partial charge in [-0.3, -0.25) is 4.79 Å². The first-order valence-electron chi connectivity index (χ1n) is 8.56. The molecule has 1 amide bonds. The van der Waals surface area contributed by atoms with Crippen LogP contribution in [0.15, 0.2) is 17.8 Å². The third-order valence-electron chi connectivity index (χ3n) is 4.37. The van der Waals surface area contributed by atoms with Crippen LogP contribution < -0.4 is 10.2 Å². The summed E-state index contributed by atoms with van der Waals surface area (Å²) in [6.07, 6.45) is 6.11. The first-order valence-corrected chi connectivity index (χ1v) is 9.44. The molecule has 3 heterocycles. The Kier molecular flexibility index (Phi) is 5.18. The molecule has 0 spiro atoms. The zero-order valence-electron chi connectivity index (χ0n) is 14.5. The van der Waals surface area contributed by atoms with Gasteiger partial charge in [-0.15, -0.1) is 11.3 Å². The van der Waals surface area contributed by atoms with Crippen LogP contribution in [0, 0.1) is 0 Å². The van der Waals surface area contributed by atoms with E-state index in [-0.39, 0.29) is 17.9 Å². The fourth-order valence-electron chi connectivity index (χ4n) is 2.98. The fourth-order valence-corrected chi connectivity index (χ4v) is 3.86. The Labute approximate surface area is 146 Å². The molecule has 1 N–H and O–H groups in total. The van der Waals surface area contributed by atoms with E-state index in [4.69, 9.17) is 0 Å². The second kappa shape index (κ2) is 7.34. The number of nitrogens with one attached hydrogen (secondary N) is 1. The van der Waals surface area contributed by atoms with Gasteiger partial charge in [0, 0.05) is 36.8 Å². The maximum atomic E-state index is 12.5. The van der Waals surface area contributed by atoms with E-state index < -0.39 is 0 Å². The van der Waals surface area contributed by atoms with Crippen LogP contribution in [-0.2, 0) is 11.3 Å². The highest BCUT2D eigenvalue weighted by molar-refractivity contribution is 7.13. The van der Waals surface area contributed by atoms with Crippen molar-refractivity contribution in [1.82, 2.24) is 19.9 Å². The van der Waals surface area contributed by atoms with Crippen LogP contribution in [0.4, 0.5) is 5.13 Å². The van der Waals surface area contributed by atoms with E-state index in [0.29, 0.717) is 6.54 Å². The molecule has 1 saturated heterocycles. The largest absolute Gasteiger partial charge is 0.349 e. The van der Waals surface area contributed by atoms with Crippen molar-refractivity contribution in [3.63, 3.8) is 0 Å². The summed E-state index contributed by atoms with van der Waals surface area (Å²) in [4.78, 5) is 23.8. The summed E-state index contributed by atoms with van der Waals surface area (Å²) in [6.45, 7) is 8.72. The Balaban J connectivity index is 1.58. The lowest BCUT2D eigenvalue weighted by Crippen LogP contribution is -2.31. The van der Waals surface area contributed by atoms with Crippen molar-refractivity contribution >= 4 is 22.4 Å². The average Bonchev–Trinajstić information content (AvgIpc) is 3.32. The minimum atomic E-state index is -0.276. The third-order valence-corrected chi connectivity index (χ3v) is 5.32. The molecule has 1 fully saturated rings. The Morgan fingerprint density at radius 1 is 1.33 bits per heavy atom. The van der Waals surface area contributed by atoms with Gasteiger partial charge in [0.15, 0.2) is 5.13 Å². The minimum Gasteiger partial charge on any atom is -0.349 e. The van der Waals surface area contributed by atoms with E-state index in [9.17, 15) is 4.79 Å². The number of carbonyl (C=O) groups excluding carboxylic acids is 1. The molecule has 1 atom stereocenters. The number of imidazole rings is 1. The molecule has 7 heteroatoms. The Bertz CT molecular complexity index is 687. The summed E-state index contributed by atoms with van der Waals surface area (Å²) < 4.78 is 1.94. The maximum absolute atomic E-state index is 12.5. The van der Waals surface area contributed by atoms with Crippen molar-refractivity contribution in [1.29, 1.82) is 0 Å². The summed E-state index contributed by atoms with van der Waals surface area (Å²) >= 11 is 1.66. The highest BCUT2D eigenvalue weighted by Gasteiger charge is 2.20. The second-order valence-electron chi connectivity index (χ2n) is 6.56. The standard InChI is InChI=1S/C17H25N5OS/c1-12(2)15-18-6-9-22(15)13(3)16(23)19-10-14-11-24-17(20-14)21-7-4-5-8-21/h6,9,11-13H,4-5,7-8,10H2,1-3H3,(H,19,23)/t13-/m1/s1. The fraction of sp³-hybridized carbons (Fsp3) is 0.588. The summed E-state index contributed by atoms with van der Waals surface area (Å²) in [5.74, 6) is 1.21. The van der Waals surface area contributed by atoms with Gasteiger partial charge in [0.2, 0.25) is 5.91 Å². The predicted octanol–water partition coefficient (Wildman–Crippen LogP) is 2.94. The molecule has 1 aliphatic rings. The minimum absolute atomic E-state index is 0.00868. The van der Waals surface area contributed by atoms with Gasteiger partial charge in [0.25, 0.3) is 0 Å². The number of thiazole rings is 1. The van der Waals surface area contributed by atoms with E-state index in [2.05, 4.69) is 34.0 Å². The van der Waals surface area contributed by atoms with Gasteiger partial charge in [-0.2, -0.15) is 0 Å². The number of nitrogens with zero attached hydrogens (tertiary/aromatic N) is 4. The first kappa shape index (κ1) is 17.0. The number of rotatable bonds is 6. The molecule has 3 rings (SSSR count). The summed E-state index contributed by atoms with van der Waals surface area (Å²) in [7, 11) is 0. The second-order valence-corrected chi connectivity index (χ2v) is 7.39. The van der Waals surface area contributed by atoms with Crippen molar-refractivity contribution in [2.45, 2.75) is 52.1 Å². The quantitative estimate of drug-likeness (QED) is 0.873. The molecule has 0 bridgehead atoms. The van der Waals surface area contributed by atoms with Crippen LogP contribution >= 0.6 is 11.3 Å². The van der Waals surface area contributed by atoms with Crippen LogP contribution in [0.2, 0.25) is 0 Å². The molecule has 6 nitrogen and oxygen atoms in total. The van der Waals surface area contributed by atoms with Crippen molar-refractivity contribution in [3.8, 4) is 0 Å². The van der Waals surface area contributed by atoms with E-state index in [1.54, 1.807) is 17.5 Å². The van der Waals surface area contributed by atoms with Crippen LogP contribution in [0.5, 0.6) is 0 Å². The van der Waals surface area contributed by atoms with E-state index >= 15 is 0 Å². The monoisotopic (exact) mass is 347 g/mol. The number of aromatic nitrogens is 3. The molecule has 130 valence electrons. The van der Waals surface area contributed by atoms with Gasteiger partial charge in [-0.05, 0) is 19.8 Å².